The quantitative estimate of drug-likeness (QED) is 0.606. The van der Waals surface area contributed by atoms with Gasteiger partial charge in [-0.25, -0.2) is 8.42 Å². The minimum Gasteiger partial charge on any atom is -0.309 e. The molecule has 1 N–H and O–H groups in total. The van der Waals surface area contributed by atoms with Gasteiger partial charge in [-0.1, -0.05) is 13.8 Å². The molecule has 0 aromatic carbocycles. The molecule has 0 spiro atoms. The molecule has 1 aromatic rings. The number of halogens is 2. The zero-order valence-electron chi connectivity index (χ0n) is 11.8. The number of hydrogen-bond donors (Lipinski definition) is 1. The smallest absolute Gasteiger partial charge is 0.150 e. The van der Waals surface area contributed by atoms with E-state index in [4.69, 9.17) is 0 Å². The average Bonchev–Trinajstić information content (AvgIpc) is 2.73. The zero-order valence-corrected chi connectivity index (χ0v) is 16.6. The second kappa shape index (κ2) is 8.88. The first-order valence-corrected chi connectivity index (χ1v) is 11.0. The van der Waals surface area contributed by atoms with Crippen LogP contribution in [0.1, 0.15) is 44.0 Å². The van der Waals surface area contributed by atoms with Gasteiger partial charge in [0.25, 0.3) is 0 Å². The highest BCUT2D eigenvalue weighted by Crippen LogP contribution is 2.36. The molecule has 0 saturated heterocycles. The molecule has 116 valence electrons. The van der Waals surface area contributed by atoms with Gasteiger partial charge >= 0.3 is 0 Å². The highest BCUT2D eigenvalue weighted by Gasteiger charge is 2.16. The third-order valence-corrected chi connectivity index (χ3v) is 8.20. The van der Waals surface area contributed by atoms with Gasteiger partial charge in [0.1, 0.15) is 9.84 Å². The van der Waals surface area contributed by atoms with Gasteiger partial charge < -0.3 is 5.32 Å². The fraction of sp³-hybridized carbons (Fsp3) is 0.692. The monoisotopic (exact) mass is 445 g/mol. The summed E-state index contributed by atoms with van der Waals surface area (Å²) in [6.07, 6.45) is 2.61. The van der Waals surface area contributed by atoms with Crippen LogP contribution in [0.4, 0.5) is 0 Å². The Morgan fingerprint density at radius 2 is 2.05 bits per heavy atom. The molecule has 0 aliphatic heterocycles. The van der Waals surface area contributed by atoms with E-state index in [1.54, 1.807) is 18.3 Å². The molecule has 7 heteroatoms. The van der Waals surface area contributed by atoms with E-state index in [1.165, 1.54) is 4.88 Å². The molecule has 0 fully saturated rings. The summed E-state index contributed by atoms with van der Waals surface area (Å²) in [7, 11) is -2.86. The van der Waals surface area contributed by atoms with Crippen molar-refractivity contribution >= 4 is 53.0 Å². The lowest BCUT2D eigenvalue weighted by Crippen LogP contribution is -2.22. The maximum absolute atomic E-state index is 11.6. The van der Waals surface area contributed by atoms with Gasteiger partial charge in [0, 0.05) is 21.1 Å². The van der Waals surface area contributed by atoms with Crippen molar-refractivity contribution in [2.45, 2.75) is 39.2 Å². The van der Waals surface area contributed by atoms with E-state index in [2.05, 4.69) is 50.2 Å². The number of sulfone groups is 1. The molecule has 20 heavy (non-hydrogen) atoms. The molecule has 1 unspecified atom stereocenters. The fourth-order valence-electron chi connectivity index (χ4n) is 1.85. The molecule has 0 radical (unpaired) electrons. The average molecular weight is 447 g/mol. The van der Waals surface area contributed by atoms with Crippen molar-refractivity contribution in [3.05, 3.63) is 19.2 Å². The molecular weight excluding hydrogens is 426 g/mol. The molecular formula is C13H21Br2NO2S2. The van der Waals surface area contributed by atoms with Crippen molar-refractivity contribution in [1.82, 2.24) is 5.32 Å². The van der Waals surface area contributed by atoms with Crippen molar-refractivity contribution in [3.8, 4) is 0 Å². The van der Waals surface area contributed by atoms with Gasteiger partial charge in [0.2, 0.25) is 0 Å². The van der Waals surface area contributed by atoms with E-state index in [9.17, 15) is 8.42 Å². The highest BCUT2D eigenvalue weighted by atomic mass is 79.9. The van der Waals surface area contributed by atoms with Crippen LogP contribution in [0.5, 0.6) is 0 Å². The molecule has 0 amide bonds. The van der Waals surface area contributed by atoms with E-state index in [0.29, 0.717) is 6.42 Å². The Kier molecular flexibility index (Phi) is 8.27. The van der Waals surface area contributed by atoms with Gasteiger partial charge in [-0.2, -0.15) is 0 Å². The van der Waals surface area contributed by atoms with Crippen LogP contribution in [-0.2, 0) is 9.84 Å². The lowest BCUT2D eigenvalue weighted by Gasteiger charge is -2.17. The second-order valence-electron chi connectivity index (χ2n) is 4.66. The van der Waals surface area contributed by atoms with Gasteiger partial charge in [-0.3, -0.25) is 0 Å². The Morgan fingerprint density at radius 3 is 2.55 bits per heavy atom. The molecule has 1 rings (SSSR count). The largest absolute Gasteiger partial charge is 0.309 e. The Labute approximate surface area is 142 Å². The first-order valence-electron chi connectivity index (χ1n) is 6.78. The molecule has 3 nitrogen and oxygen atoms in total. The molecule has 1 atom stereocenters. The van der Waals surface area contributed by atoms with Crippen LogP contribution in [0.2, 0.25) is 0 Å². The Balaban J connectivity index is 2.65. The Bertz CT molecular complexity index is 495. The third-order valence-electron chi connectivity index (χ3n) is 3.04. The van der Waals surface area contributed by atoms with Crippen LogP contribution in [0.15, 0.2) is 14.3 Å². The predicted octanol–water partition coefficient (Wildman–Crippen LogP) is 4.53. The maximum Gasteiger partial charge on any atom is 0.150 e. The number of thiophene rings is 1. The summed E-state index contributed by atoms with van der Waals surface area (Å²) in [6.45, 7) is 4.78. The van der Waals surface area contributed by atoms with Crippen LogP contribution in [-0.4, -0.2) is 26.5 Å². The lowest BCUT2D eigenvalue weighted by atomic mass is 10.1. The first kappa shape index (κ1) is 18.6. The summed E-state index contributed by atoms with van der Waals surface area (Å²) >= 11 is 8.71. The summed E-state index contributed by atoms with van der Waals surface area (Å²) in [4.78, 5) is 1.24. The zero-order chi connectivity index (χ0) is 15.2. The maximum atomic E-state index is 11.6. The van der Waals surface area contributed by atoms with Crippen LogP contribution in [0.25, 0.3) is 0 Å². The first-order chi connectivity index (χ1) is 9.39. The minimum absolute atomic E-state index is 0.231. The van der Waals surface area contributed by atoms with Crippen molar-refractivity contribution in [1.29, 1.82) is 0 Å². The van der Waals surface area contributed by atoms with Gasteiger partial charge in [-0.15, -0.1) is 11.3 Å². The van der Waals surface area contributed by atoms with Crippen molar-refractivity contribution in [2.75, 3.05) is 18.1 Å². The lowest BCUT2D eigenvalue weighted by molar-refractivity contribution is 0.498. The normalized spacial score (nSPS) is 13.6. The molecule has 0 aliphatic carbocycles. The van der Waals surface area contributed by atoms with E-state index in [1.807, 2.05) is 0 Å². The fourth-order valence-corrected chi connectivity index (χ4v) is 4.95. The summed E-state index contributed by atoms with van der Waals surface area (Å²) in [5.41, 5.74) is 0. The summed E-state index contributed by atoms with van der Waals surface area (Å²) < 4.78 is 25.3. The molecule has 1 heterocycles. The van der Waals surface area contributed by atoms with Gasteiger partial charge in [0.15, 0.2) is 0 Å². The summed E-state index contributed by atoms with van der Waals surface area (Å²) in [5.74, 6) is 0.512. The van der Waals surface area contributed by atoms with Crippen LogP contribution in [0.3, 0.4) is 0 Å². The topological polar surface area (TPSA) is 46.2 Å². The van der Waals surface area contributed by atoms with Crippen LogP contribution in [0, 0.1) is 0 Å². The van der Waals surface area contributed by atoms with Crippen LogP contribution >= 0.6 is 43.2 Å². The van der Waals surface area contributed by atoms with Crippen molar-refractivity contribution < 1.29 is 8.42 Å². The molecule has 0 bridgehead atoms. The van der Waals surface area contributed by atoms with Gasteiger partial charge in [-0.05, 0) is 63.7 Å². The number of rotatable bonds is 9. The molecule has 0 aliphatic rings. The second-order valence-corrected chi connectivity index (χ2v) is 10.4. The van der Waals surface area contributed by atoms with Gasteiger partial charge in [0.05, 0.1) is 9.54 Å². The van der Waals surface area contributed by atoms with E-state index < -0.39 is 9.84 Å². The Morgan fingerprint density at radius 1 is 1.35 bits per heavy atom. The summed E-state index contributed by atoms with van der Waals surface area (Å²) in [5, 5.41) is 3.50. The van der Waals surface area contributed by atoms with E-state index in [0.717, 1.165) is 27.6 Å². The van der Waals surface area contributed by atoms with E-state index >= 15 is 0 Å². The summed E-state index contributed by atoms with van der Waals surface area (Å²) in [6, 6.07) is 2.34. The van der Waals surface area contributed by atoms with Crippen molar-refractivity contribution in [3.63, 3.8) is 0 Å². The standard InChI is InChI=1S/C13H21Br2NO2S2/c1-3-7-16-11(6-5-8-20(17,18)4-2)12-9-10(14)13(15)19-12/h9,11,16H,3-8H2,1-2H3. The SMILES string of the molecule is CCCNC(CCCS(=O)(=O)CC)c1cc(Br)c(Br)s1. The molecule has 1 aromatic heterocycles. The van der Waals surface area contributed by atoms with Crippen LogP contribution < -0.4 is 5.32 Å². The Hall–Kier alpha value is 0.570. The third kappa shape index (κ3) is 6.13. The highest BCUT2D eigenvalue weighted by molar-refractivity contribution is 9.13. The number of nitrogens with one attached hydrogen (secondary N) is 1. The number of hydrogen-bond acceptors (Lipinski definition) is 4. The molecule has 0 saturated carbocycles. The van der Waals surface area contributed by atoms with Crippen molar-refractivity contribution in [2.24, 2.45) is 0 Å². The minimum atomic E-state index is -2.86. The van der Waals surface area contributed by atoms with E-state index in [-0.39, 0.29) is 17.5 Å². The predicted molar refractivity (Wildman–Crippen MR) is 94.3 cm³/mol.